The number of hydrogen-bond donors (Lipinski definition) is 1. The van der Waals surface area contributed by atoms with Gasteiger partial charge in [0.15, 0.2) is 10.8 Å². The predicted molar refractivity (Wildman–Crippen MR) is 123 cm³/mol. The van der Waals surface area contributed by atoms with Gasteiger partial charge in [0, 0.05) is 36.8 Å². The highest BCUT2D eigenvalue weighted by molar-refractivity contribution is 7.98. The molecule has 32 heavy (non-hydrogen) atoms. The molecule has 0 spiro atoms. The third kappa shape index (κ3) is 4.38. The molecule has 1 saturated heterocycles. The third-order valence-corrected chi connectivity index (χ3v) is 6.20. The molecule has 168 valence electrons. The number of piperidine rings is 1. The fourth-order valence-corrected chi connectivity index (χ4v) is 4.32. The number of rotatable bonds is 7. The van der Waals surface area contributed by atoms with Crippen molar-refractivity contribution in [1.29, 1.82) is 0 Å². The Labute approximate surface area is 189 Å². The zero-order valence-corrected chi connectivity index (χ0v) is 18.9. The van der Waals surface area contributed by atoms with E-state index in [0.29, 0.717) is 29.4 Å². The summed E-state index contributed by atoms with van der Waals surface area (Å²) in [6.07, 6.45) is 7.27. The monoisotopic (exact) mass is 455 g/mol. The first-order chi connectivity index (χ1) is 15.5. The minimum absolute atomic E-state index is 0.0674. The number of benzene rings is 1. The summed E-state index contributed by atoms with van der Waals surface area (Å²) in [7, 11) is 0. The minimum Gasteiger partial charge on any atom is -0.356 e. The van der Waals surface area contributed by atoms with Gasteiger partial charge in [0.2, 0.25) is 0 Å². The molecule has 0 saturated carbocycles. The van der Waals surface area contributed by atoms with E-state index in [2.05, 4.69) is 20.3 Å². The lowest BCUT2D eigenvalue weighted by Crippen LogP contribution is -2.30. The second-order valence-electron chi connectivity index (χ2n) is 7.65. The largest absolute Gasteiger partial charge is 0.356 e. The Morgan fingerprint density at radius 1 is 1.25 bits per heavy atom. The number of fused-ring (bicyclic) bond motifs is 1. The van der Waals surface area contributed by atoms with Crippen molar-refractivity contribution in [2.24, 2.45) is 0 Å². The van der Waals surface area contributed by atoms with Crippen LogP contribution in [0.15, 0.2) is 29.6 Å². The molecule has 10 nitrogen and oxygen atoms in total. The van der Waals surface area contributed by atoms with E-state index in [1.165, 1.54) is 30.3 Å². The van der Waals surface area contributed by atoms with Gasteiger partial charge in [-0.2, -0.15) is 5.10 Å². The minimum atomic E-state index is -0.481. The number of nitro groups is 1. The number of nitro benzene ring substituents is 1. The lowest BCUT2D eigenvalue weighted by atomic mass is 10.1. The van der Waals surface area contributed by atoms with Crippen LogP contribution in [-0.4, -0.2) is 56.5 Å². The molecular formula is C21H25N7O3S. The molecule has 0 radical (unpaired) electrons. The number of thioether (sulfide) groups is 1. The average Bonchev–Trinajstić information content (AvgIpc) is 3.21. The fraction of sp³-hybridized carbons (Fsp3) is 0.429. The summed E-state index contributed by atoms with van der Waals surface area (Å²) in [6.45, 7) is 4.27. The molecule has 1 N–H and O–H groups in total. The number of hydrogen-bond acceptors (Lipinski definition) is 8. The molecule has 11 heteroatoms. The standard InChI is InChI=1S/C21H25N7O3S/c1-14-15(7-6-8-17(14)28(30)31)20(29)22-9-12-27-19-16(13-23-27)18(24-21(25-19)32-2)26-10-4-3-5-11-26/h6-8,13H,3-5,9-12H2,1-2H3,(H,22,29). The Hall–Kier alpha value is -3.21. The maximum absolute atomic E-state index is 12.6. The summed E-state index contributed by atoms with van der Waals surface area (Å²) in [5.74, 6) is 0.567. The number of carbonyl (C=O) groups is 1. The number of nitrogens with zero attached hydrogens (tertiary/aromatic N) is 6. The van der Waals surface area contributed by atoms with Gasteiger partial charge in [0.05, 0.1) is 23.1 Å². The van der Waals surface area contributed by atoms with Crippen LogP contribution in [0.3, 0.4) is 0 Å². The van der Waals surface area contributed by atoms with E-state index in [-0.39, 0.29) is 11.6 Å². The molecule has 1 aromatic carbocycles. The van der Waals surface area contributed by atoms with Gasteiger partial charge in [0.1, 0.15) is 5.82 Å². The summed E-state index contributed by atoms with van der Waals surface area (Å²) in [4.78, 5) is 34.9. The molecule has 0 aliphatic carbocycles. The van der Waals surface area contributed by atoms with Crippen LogP contribution >= 0.6 is 11.8 Å². The highest BCUT2D eigenvalue weighted by atomic mass is 32.2. The highest BCUT2D eigenvalue weighted by Crippen LogP contribution is 2.28. The van der Waals surface area contributed by atoms with Crippen LogP contribution in [0, 0.1) is 17.0 Å². The molecule has 1 fully saturated rings. The SMILES string of the molecule is CSc1nc(N2CCCCC2)c2cnn(CCNC(=O)c3cccc([N+](=O)[O-])c3C)c2n1. The molecule has 1 aliphatic heterocycles. The van der Waals surface area contributed by atoms with Gasteiger partial charge >= 0.3 is 0 Å². The number of nitrogens with one attached hydrogen (secondary N) is 1. The first-order valence-corrected chi connectivity index (χ1v) is 11.8. The Kier molecular flexibility index (Phi) is 6.54. The molecular weight excluding hydrogens is 430 g/mol. The molecule has 3 aromatic rings. The van der Waals surface area contributed by atoms with Crippen molar-refractivity contribution in [1.82, 2.24) is 25.1 Å². The first-order valence-electron chi connectivity index (χ1n) is 10.5. The quantitative estimate of drug-likeness (QED) is 0.250. The zero-order chi connectivity index (χ0) is 22.7. The Morgan fingerprint density at radius 3 is 2.75 bits per heavy atom. The number of carbonyl (C=O) groups excluding carboxylic acids is 1. The van der Waals surface area contributed by atoms with Gasteiger partial charge in [0.25, 0.3) is 11.6 Å². The van der Waals surface area contributed by atoms with E-state index in [1.807, 2.05) is 6.26 Å². The van der Waals surface area contributed by atoms with Gasteiger partial charge in [-0.05, 0) is 38.5 Å². The predicted octanol–water partition coefficient (Wildman–Crippen LogP) is 3.19. The van der Waals surface area contributed by atoms with Crippen LogP contribution in [0.1, 0.15) is 35.2 Å². The smallest absolute Gasteiger partial charge is 0.273 e. The summed E-state index contributed by atoms with van der Waals surface area (Å²) >= 11 is 1.49. The highest BCUT2D eigenvalue weighted by Gasteiger charge is 2.20. The number of aromatic nitrogens is 4. The van der Waals surface area contributed by atoms with Crippen LogP contribution in [0.25, 0.3) is 11.0 Å². The lowest BCUT2D eigenvalue weighted by molar-refractivity contribution is -0.385. The third-order valence-electron chi connectivity index (χ3n) is 5.65. The zero-order valence-electron chi connectivity index (χ0n) is 18.1. The van der Waals surface area contributed by atoms with Crippen molar-refractivity contribution in [2.45, 2.75) is 37.9 Å². The molecule has 2 aromatic heterocycles. The van der Waals surface area contributed by atoms with Crippen molar-refractivity contribution in [3.05, 3.63) is 45.6 Å². The molecule has 0 unspecified atom stereocenters. The van der Waals surface area contributed by atoms with Crippen LogP contribution in [0.5, 0.6) is 0 Å². The normalized spacial score (nSPS) is 14.0. The van der Waals surface area contributed by atoms with Gasteiger partial charge < -0.3 is 10.2 Å². The maximum atomic E-state index is 12.6. The van der Waals surface area contributed by atoms with E-state index >= 15 is 0 Å². The van der Waals surface area contributed by atoms with Gasteiger partial charge in [-0.1, -0.05) is 17.8 Å². The first kappa shape index (κ1) is 22.0. The molecule has 0 atom stereocenters. The summed E-state index contributed by atoms with van der Waals surface area (Å²) in [6, 6.07) is 4.50. The Morgan fingerprint density at radius 2 is 2.03 bits per heavy atom. The van der Waals surface area contributed by atoms with E-state index < -0.39 is 4.92 Å². The average molecular weight is 456 g/mol. The summed E-state index contributed by atoms with van der Waals surface area (Å²) in [5, 5.41) is 20.1. The molecule has 0 bridgehead atoms. The molecule has 1 aliphatic rings. The van der Waals surface area contributed by atoms with Crippen LogP contribution in [0.2, 0.25) is 0 Å². The topological polar surface area (TPSA) is 119 Å². The number of anilines is 1. The molecule has 4 rings (SSSR count). The van der Waals surface area contributed by atoms with Crippen molar-refractivity contribution in [3.63, 3.8) is 0 Å². The van der Waals surface area contributed by atoms with E-state index in [1.54, 1.807) is 23.9 Å². The van der Waals surface area contributed by atoms with E-state index in [9.17, 15) is 14.9 Å². The van der Waals surface area contributed by atoms with Gasteiger partial charge in [-0.25, -0.2) is 14.6 Å². The maximum Gasteiger partial charge on any atom is 0.273 e. The second kappa shape index (κ2) is 9.51. The van der Waals surface area contributed by atoms with Gasteiger partial charge in [-0.15, -0.1) is 0 Å². The van der Waals surface area contributed by atoms with Crippen molar-refractivity contribution in [3.8, 4) is 0 Å². The molecule has 3 heterocycles. The van der Waals surface area contributed by atoms with Gasteiger partial charge in [-0.3, -0.25) is 14.9 Å². The van der Waals surface area contributed by atoms with Crippen molar-refractivity contribution < 1.29 is 9.72 Å². The Bertz CT molecular complexity index is 1160. The second-order valence-corrected chi connectivity index (χ2v) is 8.42. The van der Waals surface area contributed by atoms with E-state index in [4.69, 9.17) is 4.98 Å². The van der Waals surface area contributed by atoms with Crippen molar-refractivity contribution in [2.75, 3.05) is 30.8 Å². The van der Waals surface area contributed by atoms with Crippen LogP contribution < -0.4 is 10.2 Å². The summed E-state index contributed by atoms with van der Waals surface area (Å²) in [5.41, 5.74) is 1.32. The molecule has 1 amide bonds. The van der Waals surface area contributed by atoms with Crippen molar-refractivity contribution >= 4 is 40.2 Å². The van der Waals surface area contributed by atoms with Crippen LogP contribution in [0.4, 0.5) is 11.5 Å². The summed E-state index contributed by atoms with van der Waals surface area (Å²) < 4.78 is 1.77. The fourth-order valence-electron chi connectivity index (χ4n) is 3.96. The Balaban J connectivity index is 1.51. The lowest BCUT2D eigenvalue weighted by Gasteiger charge is -2.28. The van der Waals surface area contributed by atoms with Crippen LogP contribution in [-0.2, 0) is 6.54 Å². The van der Waals surface area contributed by atoms with E-state index in [0.717, 1.165) is 42.8 Å². The number of amides is 1.